The van der Waals surface area contributed by atoms with Gasteiger partial charge in [0.15, 0.2) is 0 Å². The fourth-order valence-electron chi connectivity index (χ4n) is 2.21. The van der Waals surface area contributed by atoms with Crippen molar-refractivity contribution in [3.8, 4) is 11.5 Å². The van der Waals surface area contributed by atoms with Crippen LogP contribution in [0.1, 0.15) is 41.5 Å². The van der Waals surface area contributed by atoms with Crippen LogP contribution >= 0.6 is 0 Å². The Bertz CT molecular complexity index is 770. The zero-order valence-electron chi connectivity index (χ0n) is 14.4. The Morgan fingerprint density at radius 3 is 2.52 bits per heavy atom. The highest BCUT2D eigenvalue weighted by molar-refractivity contribution is 6.06. The van der Waals surface area contributed by atoms with E-state index in [1.807, 2.05) is 20.8 Å². The average Bonchev–Trinajstić information content (AvgIpc) is 2.56. The molecular formula is C19H21NO5. The molecule has 0 radical (unpaired) electrons. The van der Waals surface area contributed by atoms with E-state index < -0.39 is 5.97 Å². The van der Waals surface area contributed by atoms with E-state index in [0.29, 0.717) is 29.4 Å². The molecule has 0 saturated heterocycles. The summed E-state index contributed by atoms with van der Waals surface area (Å²) in [5.74, 6) is -0.454. The third-order valence-electron chi connectivity index (χ3n) is 3.24. The van der Waals surface area contributed by atoms with Crippen molar-refractivity contribution in [2.24, 2.45) is 0 Å². The summed E-state index contributed by atoms with van der Waals surface area (Å²) in [6.07, 6.45) is -0.118. The molecule has 0 aliphatic heterocycles. The maximum absolute atomic E-state index is 12.5. The van der Waals surface area contributed by atoms with E-state index >= 15 is 0 Å². The van der Waals surface area contributed by atoms with Gasteiger partial charge >= 0.3 is 5.97 Å². The third kappa shape index (κ3) is 4.97. The molecule has 132 valence electrons. The Hall–Kier alpha value is -3.02. The second-order valence-electron chi connectivity index (χ2n) is 5.60. The van der Waals surface area contributed by atoms with Crippen molar-refractivity contribution >= 4 is 17.6 Å². The maximum Gasteiger partial charge on any atom is 0.335 e. The van der Waals surface area contributed by atoms with Crippen LogP contribution in [0.25, 0.3) is 0 Å². The highest BCUT2D eigenvalue weighted by Crippen LogP contribution is 2.28. The lowest BCUT2D eigenvalue weighted by molar-refractivity contribution is 0.0696. The molecule has 2 aromatic rings. The smallest absolute Gasteiger partial charge is 0.335 e. The lowest BCUT2D eigenvalue weighted by Gasteiger charge is -2.16. The highest BCUT2D eigenvalue weighted by atomic mass is 16.5. The van der Waals surface area contributed by atoms with Crippen molar-refractivity contribution in [3.63, 3.8) is 0 Å². The summed E-state index contributed by atoms with van der Waals surface area (Å²) in [4.78, 5) is 23.7. The molecule has 6 heteroatoms. The van der Waals surface area contributed by atoms with E-state index in [9.17, 15) is 9.59 Å². The van der Waals surface area contributed by atoms with Gasteiger partial charge in [-0.1, -0.05) is 6.07 Å². The van der Waals surface area contributed by atoms with Gasteiger partial charge in [0.1, 0.15) is 11.5 Å². The number of aromatic carboxylic acids is 1. The molecule has 0 spiro atoms. The van der Waals surface area contributed by atoms with Gasteiger partial charge in [-0.15, -0.1) is 0 Å². The minimum absolute atomic E-state index is 0.0643. The van der Waals surface area contributed by atoms with E-state index in [4.69, 9.17) is 14.6 Å². The third-order valence-corrected chi connectivity index (χ3v) is 3.24. The summed E-state index contributed by atoms with van der Waals surface area (Å²) >= 11 is 0. The van der Waals surface area contributed by atoms with Crippen LogP contribution in [0.4, 0.5) is 5.69 Å². The van der Waals surface area contributed by atoms with Crippen LogP contribution in [-0.4, -0.2) is 29.7 Å². The normalized spacial score (nSPS) is 10.4. The first-order valence-corrected chi connectivity index (χ1v) is 7.99. The van der Waals surface area contributed by atoms with Crippen LogP contribution in [0.5, 0.6) is 11.5 Å². The Labute approximate surface area is 146 Å². The Morgan fingerprint density at radius 1 is 1.12 bits per heavy atom. The van der Waals surface area contributed by atoms with Crippen LogP contribution in [0.2, 0.25) is 0 Å². The Morgan fingerprint density at radius 2 is 1.88 bits per heavy atom. The van der Waals surface area contributed by atoms with Crippen molar-refractivity contribution in [2.75, 3.05) is 11.9 Å². The molecule has 0 heterocycles. The number of carbonyl (C=O) groups excluding carboxylic acids is 1. The molecule has 2 N–H and O–H groups in total. The van der Waals surface area contributed by atoms with Crippen LogP contribution in [0.15, 0.2) is 42.5 Å². The molecule has 1 amide bonds. The lowest BCUT2D eigenvalue weighted by Crippen LogP contribution is -2.15. The highest BCUT2D eigenvalue weighted by Gasteiger charge is 2.14. The largest absolute Gasteiger partial charge is 0.494 e. The van der Waals surface area contributed by atoms with Gasteiger partial charge < -0.3 is 19.9 Å². The molecule has 0 aliphatic carbocycles. The lowest BCUT2D eigenvalue weighted by atomic mass is 10.1. The minimum Gasteiger partial charge on any atom is -0.494 e. The minimum atomic E-state index is -1.08. The molecule has 0 aromatic heterocycles. The number of carboxylic acid groups (broad SMARTS) is 1. The zero-order chi connectivity index (χ0) is 18.4. The number of carboxylic acids is 1. The summed E-state index contributed by atoms with van der Waals surface area (Å²) < 4.78 is 11.0. The second-order valence-corrected chi connectivity index (χ2v) is 5.60. The molecule has 0 bridgehead atoms. The van der Waals surface area contributed by atoms with Crippen LogP contribution < -0.4 is 14.8 Å². The predicted octanol–water partition coefficient (Wildman–Crippen LogP) is 3.82. The summed E-state index contributed by atoms with van der Waals surface area (Å²) in [5, 5.41) is 11.9. The van der Waals surface area contributed by atoms with Crippen LogP contribution in [0.3, 0.4) is 0 Å². The molecule has 0 unspecified atom stereocenters. The summed E-state index contributed by atoms with van der Waals surface area (Å²) in [6, 6.07) is 11.1. The molecule has 0 atom stereocenters. The van der Waals surface area contributed by atoms with Crippen LogP contribution in [0, 0.1) is 0 Å². The van der Waals surface area contributed by atoms with E-state index in [1.165, 1.54) is 18.2 Å². The number of amides is 1. The number of anilines is 1. The van der Waals surface area contributed by atoms with Gasteiger partial charge in [0.25, 0.3) is 5.91 Å². The monoisotopic (exact) mass is 343 g/mol. The first-order chi connectivity index (χ1) is 11.9. The van der Waals surface area contributed by atoms with Gasteiger partial charge in [-0.25, -0.2) is 4.79 Å². The van der Waals surface area contributed by atoms with Gasteiger partial charge in [-0.05, 0) is 57.2 Å². The molecule has 2 rings (SSSR count). The fourth-order valence-corrected chi connectivity index (χ4v) is 2.21. The quantitative estimate of drug-likeness (QED) is 0.798. The number of carbonyl (C=O) groups is 2. The van der Waals surface area contributed by atoms with Gasteiger partial charge in [-0.2, -0.15) is 0 Å². The van der Waals surface area contributed by atoms with Crippen molar-refractivity contribution < 1.29 is 24.2 Å². The fraction of sp³-hybridized carbons (Fsp3) is 0.263. The summed E-state index contributed by atoms with van der Waals surface area (Å²) in [5.41, 5.74) is 0.775. The number of benzene rings is 2. The van der Waals surface area contributed by atoms with Crippen molar-refractivity contribution in [2.45, 2.75) is 26.9 Å². The average molecular weight is 343 g/mol. The molecule has 6 nitrogen and oxygen atoms in total. The summed E-state index contributed by atoms with van der Waals surface area (Å²) in [7, 11) is 0. The number of rotatable bonds is 7. The maximum atomic E-state index is 12.5. The molecule has 0 saturated carbocycles. The number of hydrogen-bond donors (Lipinski definition) is 2. The van der Waals surface area contributed by atoms with Gasteiger partial charge in [0.2, 0.25) is 0 Å². The van der Waals surface area contributed by atoms with E-state index in [1.54, 1.807) is 24.3 Å². The van der Waals surface area contributed by atoms with E-state index in [2.05, 4.69) is 5.32 Å². The van der Waals surface area contributed by atoms with Crippen molar-refractivity contribution in [1.29, 1.82) is 0 Å². The summed E-state index contributed by atoms with van der Waals surface area (Å²) in [6.45, 7) is 6.06. The molecular weight excluding hydrogens is 322 g/mol. The number of nitrogens with one attached hydrogen (secondary N) is 1. The van der Waals surface area contributed by atoms with Crippen molar-refractivity contribution in [3.05, 3.63) is 53.6 Å². The SMILES string of the molecule is CCOc1cccc(C(=O)Nc2cc(C(=O)O)ccc2OC(C)C)c1. The van der Waals surface area contributed by atoms with Gasteiger partial charge in [-0.3, -0.25) is 4.79 Å². The Balaban J connectivity index is 2.30. The van der Waals surface area contributed by atoms with Gasteiger partial charge in [0.05, 0.1) is 24.0 Å². The van der Waals surface area contributed by atoms with Crippen LogP contribution in [-0.2, 0) is 0 Å². The molecule has 0 aliphatic rings. The van der Waals surface area contributed by atoms with E-state index in [-0.39, 0.29) is 17.6 Å². The molecule has 2 aromatic carbocycles. The standard InChI is InChI=1S/C19H21NO5/c1-4-24-15-7-5-6-13(10-15)18(21)20-16-11-14(19(22)23)8-9-17(16)25-12(2)3/h5-12H,4H2,1-3H3,(H,20,21)(H,22,23). The molecule has 0 fully saturated rings. The van der Waals surface area contributed by atoms with Crippen molar-refractivity contribution in [1.82, 2.24) is 0 Å². The predicted molar refractivity (Wildman–Crippen MR) is 94.7 cm³/mol. The first kappa shape index (κ1) is 18.3. The number of ether oxygens (including phenoxy) is 2. The van der Waals surface area contributed by atoms with E-state index in [0.717, 1.165) is 0 Å². The Kier molecular flexibility index (Phi) is 6.00. The first-order valence-electron chi connectivity index (χ1n) is 7.99. The molecule has 25 heavy (non-hydrogen) atoms. The zero-order valence-corrected chi connectivity index (χ0v) is 14.4. The van der Waals surface area contributed by atoms with Gasteiger partial charge in [0, 0.05) is 5.56 Å². The topological polar surface area (TPSA) is 84.9 Å². The second kappa shape index (κ2) is 8.19. The number of hydrogen-bond acceptors (Lipinski definition) is 4.